The van der Waals surface area contributed by atoms with Gasteiger partial charge < -0.3 is 5.73 Å². The van der Waals surface area contributed by atoms with Gasteiger partial charge in [0.15, 0.2) is 0 Å². The van der Waals surface area contributed by atoms with Crippen molar-refractivity contribution in [2.45, 2.75) is 19.6 Å². The minimum Gasteiger partial charge on any atom is -0.398 e. The summed E-state index contributed by atoms with van der Waals surface area (Å²) in [6.07, 6.45) is -1.27. The Morgan fingerprint density at radius 3 is 2.67 bits per heavy atom. The lowest BCUT2D eigenvalue weighted by Crippen LogP contribution is -2.08. The van der Waals surface area contributed by atoms with E-state index in [1.807, 2.05) is 0 Å². The molecule has 0 bridgehead atoms. The molecule has 0 saturated heterocycles. The summed E-state index contributed by atoms with van der Waals surface area (Å²) >= 11 is 0. The number of aliphatic imine (C=N–C) groups is 1. The number of hydrogen-bond acceptors (Lipinski definition) is 3. The zero-order chi connectivity index (χ0) is 15.2. The molecular weight excluding hydrogens is 279 g/mol. The number of nitrogen functional groups attached to an aromatic ring is 1. The molecule has 1 aliphatic rings. The van der Waals surface area contributed by atoms with Crippen LogP contribution in [0.3, 0.4) is 0 Å². The fourth-order valence-corrected chi connectivity index (χ4v) is 2.54. The van der Waals surface area contributed by atoms with E-state index in [1.54, 1.807) is 19.2 Å². The highest BCUT2D eigenvalue weighted by atomic mass is 19.4. The molecule has 0 atom stereocenters. The normalized spacial score (nSPS) is 13.5. The maximum Gasteiger partial charge on any atom is 0.416 e. The van der Waals surface area contributed by atoms with Gasteiger partial charge in [0.25, 0.3) is 0 Å². The van der Waals surface area contributed by atoms with Gasteiger partial charge in [-0.1, -0.05) is 0 Å². The van der Waals surface area contributed by atoms with Gasteiger partial charge >= 0.3 is 6.18 Å². The number of pyridine rings is 1. The second-order valence-corrected chi connectivity index (χ2v) is 4.92. The van der Waals surface area contributed by atoms with Crippen molar-refractivity contribution in [1.82, 2.24) is 4.98 Å². The Balaban J connectivity index is 2.32. The van der Waals surface area contributed by atoms with Crippen LogP contribution in [0.5, 0.6) is 0 Å². The number of aryl methyl sites for hydroxylation is 1. The van der Waals surface area contributed by atoms with Crippen LogP contribution in [0.15, 0.2) is 29.4 Å². The highest BCUT2D eigenvalue weighted by Gasteiger charge is 2.33. The van der Waals surface area contributed by atoms with E-state index in [4.69, 9.17) is 5.73 Å². The van der Waals surface area contributed by atoms with E-state index in [9.17, 15) is 13.2 Å². The van der Waals surface area contributed by atoms with Crippen molar-refractivity contribution in [1.29, 1.82) is 0 Å². The van der Waals surface area contributed by atoms with Gasteiger partial charge in [0.2, 0.25) is 0 Å². The Labute approximate surface area is 119 Å². The number of anilines is 1. The monoisotopic (exact) mass is 291 g/mol. The highest BCUT2D eigenvalue weighted by molar-refractivity contribution is 5.97. The van der Waals surface area contributed by atoms with Gasteiger partial charge in [0.1, 0.15) is 0 Å². The fraction of sp³-hybridized carbons (Fsp3) is 0.200. The Bertz CT molecular complexity index is 728. The molecule has 2 heterocycles. The largest absolute Gasteiger partial charge is 0.416 e. The minimum atomic E-state index is -4.41. The first-order chi connectivity index (χ1) is 9.88. The molecule has 1 aliphatic heterocycles. The molecule has 3 rings (SSSR count). The molecular formula is C15H12F3N3. The maximum atomic E-state index is 13.1. The maximum absolute atomic E-state index is 13.1. The van der Waals surface area contributed by atoms with Gasteiger partial charge in [0, 0.05) is 34.9 Å². The molecule has 21 heavy (non-hydrogen) atoms. The number of aromatic nitrogens is 1. The highest BCUT2D eigenvalue weighted by Crippen LogP contribution is 2.39. The van der Waals surface area contributed by atoms with Crippen molar-refractivity contribution >= 4 is 11.9 Å². The van der Waals surface area contributed by atoms with E-state index in [0.717, 1.165) is 12.1 Å². The molecule has 2 aromatic rings. The van der Waals surface area contributed by atoms with Gasteiger partial charge in [-0.15, -0.1) is 0 Å². The van der Waals surface area contributed by atoms with Crippen LogP contribution in [0.25, 0.3) is 11.1 Å². The van der Waals surface area contributed by atoms with Crippen molar-refractivity contribution in [3.05, 3.63) is 46.8 Å². The molecule has 1 aromatic carbocycles. The summed E-state index contributed by atoms with van der Waals surface area (Å²) in [4.78, 5) is 8.19. The van der Waals surface area contributed by atoms with Crippen LogP contribution in [-0.4, -0.2) is 11.2 Å². The van der Waals surface area contributed by atoms with Crippen LogP contribution >= 0.6 is 0 Å². The zero-order valence-electron chi connectivity index (χ0n) is 11.2. The summed E-state index contributed by atoms with van der Waals surface area (Å²) < 4.78 is 39.2. The van der Waals surface area contributed by atoms with Crippen LogP contribution in [-0.2, 0) is 12.7 Å². The predicted octanol–water partition coefficient (Wildman–Crippen LogP) is 3.59. The van der Waals surface area contributed by atoms with Gasteiger partial charge in [-0.2, -0.15) is 13.2 Å². The molecule has 0 radical (unpaired) electrons. The Hall–Kier alpha value is -2.37. The van der Waals surface area contributed by atoms with E-state index >= 15 is 0 Å². The summed E-state index contributed by atoms with van der Waals surface area (Å²) in [7, 11) is 0. The summed E-state index contributed by atoms with van der Waals surface area (Å²) in [5, 5.41) is 0. The second-order valence-electron chi connectivity index (χ2n) is 4.92. The minimum absolute atomic E-state index is 0.255. The standard InChI is InChI=1S/C15H12F3N3/c1-8-14(13(19)2-3-21-8)11-5-10(15(16,17)18)4-9-6-20-7-12(9)11/h2-5,7H,6H2,1H3,(H2,19,21). The first-order valence-electron chi connectivity index (χ1n) is 6.33. The van der Waals surface area contributed by atoms with Crippen LogP contribution in [0.1, 0.15) is 22.4 Å². The first-order valence-corrected chi connectivity index (χ1v) is 6.33. The molecule has 1 aromatic heterocycles. The van der Waals surface area contributed by atoms with Crippen LogP contribution < -0.4 is 5.73 Å². The van der Waals surface area contributed by atoms with Crippen molar-refractivity contribution < 1.29 is 13.2 Å². The zero-order valence-corrected chi connectivity index (χ0v) is 11.2. The van der Waals surface area contributed by atoms with E-state index in [0.29, 0.717) is 33.6 Å². The third-order valence-electron chi connectivity index (χ3n) is 3.52. The lowest BCUT2D eigenvalue weighted by atomic mass is 9.92. The molecule has 6 heteroatoms. The number of halogens is 3. The lowest BCUT2D eigenvalue weighted by molar-refractivity contribution is -0.137. The Kier molecular flexibility index (Phi) is 2.97. The second kappa shape index (κ2) is 4.58. The molecule has 108 valence electrons. The number of nitrogens with zero attached hydrogens (tertiary/aromatic N) is 2. The third-order valence-corrected chi connectivity index (χ3v) is 3.52. The van der Waals surface area contributed by atoms with Crippen LogP contribution in [0.2, 0.25) is 0 Å². The van der Waals surface area contributed by atoms with Crippen molar-refractivity contribution in [2.75, 3.05) is 5.73 Å². The summed E-state index contributed by atoms with van der Waals surface area (Å²) in [6.45, 7) is 1.98. The van der Waals surface area contributed by atoms with Gasteiger partial charge in [-0.3, -0.25) is 9.98 Å². The van der Waals surface area contributed by atoms with E-state index in [2.05, 4.69) is 9.98 Å². The van der Waals surface area contributed by atoms with Crippen molar-refractivity contribution in [3.63, 3.8) is 0 Å². The quantitative estimate of drug-likeness (QED) is 0.873. The van der Waals surface area contributed by atoms with Gasteiger partial charge in [-0.05, 0) is 36.2 Å². The molecule has 3 nitrogen and oxygen atoms in total. The number of rotatable bonds is 1. The van der Waals surface area contributed by atoms with E-state index in [1.165, 1.54) is 6.20 Å². The Morgan fingerprint density at radius 2 is 2.00 bits per heavy atom. The third kappa shape index (κ3) is 2.26. The van der Waals surface area contributed by atoms with Crippen LogP contribution in [0, 0.1) is 6.92 Å². The summed E-state index contributed by atoms with van der Waals surface area (Å²) in [5.41, 5.74) is 8.47. The Morgan fingerprint density at radius 1 is 1.24 bits per heavy atom. The lowest BCUT2D eigenvalue weighted by Gasteiger charge is -2.15. The van der Waals surface area contributed by atoms with Crippen molar-refractivity contribution in [2.24, 2.45) is 4.99 Å². The van der Waals surface area contributed by atoms with Gasteiger partial charge in [0.05, 0.1) is 12.1 Å². The molecule has 2 N–H and O–H groups in total. The van der Waals surface area contributed by atoms with Crippen molar-refractivity contribution in [3.8, 4) is 11.1 Å². The fourth-order valence-electron chi connectivity index (χ4n) is 2.54. The molecule has 0 fully saturated rings. The van der Waals surface area contributed by atoms with E-state index < -0.39 is 11.7 Å². The SMILES string of the molecule is Cc1nccc(N)c1-c1cc(C(F)(F)F)cc2c1C=NC2. The van der Waals surface area contributed by atoms with E-state index in [-0.39, 0.29) is 6.54 Å². The molecule has 0 unspecified atom stereocenters. The first kappa shape index (κ1) is 13.6. The summed E-state index contributed by atoms with van der Waals surface area (Å²) in [6, 6.07) is 3.85. The molecule has 0 amide bonds. The smallest absolute Gasteiger partial charge is 0.398 e. The number of alkyl halides is 3. The average Bonchev–Trinajstić information content (AvgIpc) is 2.85. The number of hydrogen-bond donors (Lipinski definition) is 1. The average molecular weight is 291 g/mol. The number of nitrogens with two attached hydrogens (primary N) is 1. The van der Waals surface area contributed by atoms with Gasteiger partial charge in [-0.25, -0.2) is 0 Å². The predicted molar refractivity (Wildman–Crippen MR) is 75.1 cm³/mol. The molecule has 0 spiro atoms. The molecule has 0 aliphatic carbocycles. The summed E-state index contributed by atoms with van der Waals surface area (Å²) in [5.74, 6) is 0. The van der Waals surface area contributed by atoms with Crippen LogP contribution in [0.4, 0.5) is 18.9 Å². The topological polar surface area (TPSA) is 51.3 Å². The molecule has 0 saturated carbocycles. The number of benzene rings is 1. The number of fused-ring (bicyclic) bond motifs is 1.